The molecule has 0 aliphatic heterocycles. The van der Waals surface area contributed by atoms with Gasteiger partial charge >= 0.3 is 11.6 Å². The lowest BCUT2D eigenvalue weighted by Crippen LogP contribution is -2.04. The highest BCUT2D eigenvalue weighted by Crippen LogP contribution is 2.34. The quantitative estimate of drug-likeness (QED) is 0.569. The van der Waals surface area contributed by atoms with Crippen LogP contribution in [0.1, 0.15) is 0 Å². The second kappa shape index (κ2) is 6.48. The molecule has 0 aliphatic carbocycles. The van der Waals surface area contributed by atoms with Crippen LogP contribution in [-0.4, -0.2) is 19.9 Å². The van der Waals surface area contributed by atoms with Gasteiger partial charge in [0.25, 0.3) is 0 Å². The molecule has 0 bridgehead atoms. The molecule has 2 aromatic heterocycles. The summed E-state index contributed by atoms with van der Waals surface area (Å²) in [4.78, 5) is 22.6. The molecule has 1 aromatic carbocycles. The van der Waals surface area contributed by atoms with Crippen molar-refractivity contribution in [2.24, 2.45) is 0 Å². The van der Waals surface area contributed by atoms with Gasteiger partial charge in [-0.05, 0) is 24.3 Å². The largest absolute Gasteiger partial charge is 0.434 e. The average Bonchev–Trinajstić information content (AvgIpc) is 2.56. The first-order valence-corrected chi connectivity index (χ1v) is 6.64. The van der Waals surface area contributed by atoms with Crippen LogP contribution in [0, 0.1) is 10.1 Å². The van der Waals surface area contributed by atoms with Crippen LogP contribution in [0.25, 0.3) is 0 Å². The van der Waals surface area contributed by atoms with Gasteiger partial charge in [-0.25, -0.2) is 9.97 Å². The van der Waals surface area contributed by atoms with Gasteiger partial charge in [-0.3, -0.25) is 10.1 Å². The lowest BCUT2D eigenvalue weighted by atomic mass is 10.3. The standard InChI is InChI=1S/C15H11N5O3/c21-20(22)13-14(19-12-8-4-5-9-16-12)17-10-18-15(13)23-11-6-2-1-3-7-11/h1-10H,(H,16,17,18,19). The molecular formula is C15H11N5O3. The van der Waals surface area contributed by atoms with Crippen molar-refractivity contribution in [1.29, 1.82) is 0 Å². The van der Waals surface area contributed by atoms with E-state index in [-0.39, 0.29) is 17.4 Å². The molecule has 114 valence electrons. The molecule has 0 radical (unpaired) electrons. The van der Waals surface area contributed by atoms with Gasteiger partial charge in [0, 0.05) is 6.20 Å². The number of ether oxygens (including phenoxy) is 1. The molecule has 23 heavy (non-hydrogen) atoms. The third-order valence-corrected chi connectivity index (χ3v) is 2.84. The molecule has 2 heterocycles. The Morgan fingerprint density at radius 2 is 1.78 bits per heavy atom. The fraction of sp³-hybridized carbons (Fsp3) is 0. The van der Waals surface area contributed by atoms with E-state index in [1.54, 1.807) is 48.7 Å². The van der Waals surface area contributed by atoms with E-state index in [1.165, 1.54) is 6.33 Å². The second-order valence-electron chi connectivity index (χ2n) is 4.39. The van der Waals surface area contributed by atoms with E-state index in [0.29, 0.717) is 11.6 Å². The highest BCUT2D eigenvalue weighted by Gasteiger charge is 2.25. The summed E-state index contributed by atoms with van der Waals surface area (Å²) in [5.41, 5.74) is -0.359. The fourth-order valence-electron chi connectivity index (χ4n) is 1.85. The molecule has 3 rings (SSSR count). The Hall–Kier alpha value is -3.55. The maximum atomic E-state index is 11.4. The van der Waals surface area contributed by atoms with Crippen LogP contribution in [0.5, 0.6) is 11.6 Å². The monoisotopic (exact) mass is 309 g/mol. The molecule has 0 fully saturated rings. The zero-order valence-corrected chi connectivity index (χ0v) is 11.8. The first-order valence-electron chi connectivity index (χ1n) is 6.64. The van der Waals surface area contributed by atoms with E-state index in [2.05, 4.69) is 20.3 Å². The molecule has 0 amide bonds. The number of aromatic nitrogens is 3. The number of pyridine rings is 1. The predicted molar refractivity (Wildman–Crippen MR) is 82.7 cm³/mol. The summed E-state index contributed by atoms with van der Waals surface area (Å²) in [6.07, 6.45) is 2.76. The molecule has 0 saturated carbocycles. The van der Waals surface area contributed by atoms with Crippen LogP contribution in [0.15, 0.2) is 61.1 Å². The fourth-order valence-corrected chi connectivity index (χ4v) is 1.85. The van der Waals surface area contributed by atoms with E-state index < -0.39 is 4.92 Å². The minimum Gasteiger partial charge on any atom is -0.434 e. The van der Waals surface area contributed by atoms with Gasteiger partial charge in [-0.15, -0.1) is 0 Å². The first kappa shape index (κ1) is 14.4. The van der Waals surface area contributed by atoms with Crippen molar-refractivity contribution in [3.05, 3.63) is 71.2 Å². The minimum atomic E-state index is -0.594. The molecule has 0 spiro atoms. The number of nitrogens with one attached hydrogen (secondary N) is 1. The minimum absolute atomic E-state index is 0.00892. The Kier molecular flexibility index (Phi) is 4.05. The highest BCUT2D eigenvalue weighted by molar-refractivity contribution is 5.67. The molecule has 3 aromatic rings. The molecule has 0 saturated heterocycles. The Bertz CT molecular complexity index is 752. The SMILES string of the molecule is O=[N+]([O-])c1c(Nc2ccccn2)ncnc1Oc1ccccc1. The highest BCUT2D eigenvalue weighted by atomic mass is 16.6. The third kappa shape index (κ3) is 3.38. The molecule has 0 unspecified atom stereocenters. The van der Waals surface area contributed by atoms with E-state index in [0.717, 1.165) is 0 Å². The number of hydrogen-bond donors (Lipinski definition) is 1. The van der Waals surface area contributed by atoms with E-state index in [9.17, 15) is 10.1 Å². The molecule has 1 N–H and O–H groups in total. The Balaban J connectivity index is 1.97. The van der Waals surface area contributed by atoms with E-state index in [4.69, 9.17) is 4.74 Å². The summed E-state index contributed by atoms with van der Waals surface area (Å²) in [6, 6.07) is 13.9. The van der Waals surface area contributed by atoms with Gasteiger partial charge in [0.05, 0.1) is 4.92 Å². The number of rotatable bonds is 5. The summed E-state index contributed by atoms with van der Waals surface area (Å²) in [5.74, 6) is 0.738. The second-order valence-corrected chi connectivity index (χ2v) is 4.39. The van der Waals surface area contributed by atoms with Gasteiger partial charge in [0.1, 0.15) is 17.9 Å². The maximum absolute atomic E-state index is 11.4. The predicted octanol–water partition coefficient (Wildman–Crippen LogP) is 3.32. The Labute approximate surface area is 131 Å². The Morgan fingerprint density at radius 1 is 1.00 bits per heavy atom. The van der Waals surface area contributed by atoms with Gasteiger partial charge in [0.2, 0.25) is 5.82 Å². The van der Waals surface area contributed by atoms with Crippen molar-refractivity contribution in [3.63, 3.8) is 0 Å². The van der Waals surface area contributed by atoms with Crippen molar-refractivity contribution in [1.82, 2.24) is 15.0 Å². The summed E-state index contributed by atoms with van der Waals surface area (Å²) >= 11 is 0. The van der Waals surface area contributed by atoms with Crippen molar-refractivity contribution in [2.45, 2.75) is 0 Å². The first-order chi connectivity index (χ1) is 11.2. The topological polar surface area (TPSA) is 103 Å². The third-order valence-electron chi connectivity index (χ3n) is 2.84. The van der Waals surface area contributed by atoms with Crippen LogP contribution in [0.4, 0.5) is 17.3 Å². The van der Waals surface area contributed by atoms with E-state index >= 15 is 0 Å². The summed E-state index contributed by atoms with van der Waals surface area (Å²) in [6.45, 7) is 0. The molecule has 0 atom stereocenters. The van der Waals surface area contributed by atoms with Crippen molar-refractivity contribution in [2.75, 3.05) is 5.32 Å². The zero-order valence-electron chi connectivity index (χ0n) is 11.8. The lowest BCUT2D eigenvalue weighted by Gasteiger charge is -2.08. The Morgan fingerprint density at radius 3 is 2.48 bits per heavy atom. The van der Waals surface area contributed by atoms with Crippen LogP contribution in [-0.2, 0) is 0 Å². The normalized spacial score (nSPS) is 10.1. The summed E-state index contributed by atoms with van der Waals surface area (Å²) < 4.78 is 5.50. The van der Waals surface area contributed by atoms with Crippen molar-refractivity contribution < 1.29 is 9.66 Å². The van der Waals surface area contributed by atoms with Crippen LogP contribution >= 0.6 is 0 Å². The number of nitrogens with zero attached hydrogens (tertiary/aromatic N) is 4. The van der Waals surface area contributed by atoms with Crippen LogP contribution in [0.2, 0.25) is 0 Å². The molecule has 8 nitrogen and oxygen atoms in total. The smallest absolute Gasteiger partial charge is 0.373 e. The summed E-state index contributed by atoms with van der Waals surface area (Å²) in [7, 11) is 0. The van der Waals surface area contributed by atoms with Crippen molar-refractivity contribution in [3.8, 4) is 11.6 Å². The van der Waals surface area contributed by atoms with Gasteiger partial charge in [0.15, 0.2) is 0 Å². The number of hydrogen-bond acceptors (Lipinski definition) is 7. The number of anilines is 2. The van der Waals surface area contributed by atoms with E-state index in [1.807, 2.05) is 6.07 Å². The van der Waals surface area contributed by atoms with Gasteiger partial charge < -0.3 is 10.1 Å². The lowest BCUT2D eigenvalue weighted by molar-refractivity contribution is -0.385. The average molecular weight is 309 g/mol. The van der Waals surface area contributed by atoms with Gasteiger partial charge in [-0.2, -0.15) is 4.98 Å². The number of para-hydroxylation sites is 1. The van der Waals surface area contributed by atoms with Crippen LogP contribution in [0.3, 0.4) is 0 Å². The summed E-state index contributed by atoms with van der Waals surface area (Å²) in [5, 5.41) is 14.2. The van der Waals surface area contributed by atoms with Gasteiger partial charge in [-0.1, -0.05) is 24.3 Å². The molecular weight excluding hydrogens is 298 g/mol. The molecule has 0 aliphatic rings. The number of benzene rings is 1. The molecule has 8 heteroatoms. The maximum Gasteiger partial charge on any atom is 0.373 e. The zero-order chi connectivity index (χ0) is 16.1. The van der Waals surface area contributed by atoms with Crippen molar-refractivity contribution >= 4 is 17.3 Å². The van der Waals surface area contributed by atoms with Crippen LogP contribution < -0.4 is 10.1 Å². The number of nitro groups is 1.